The molecule has 0 radical (unpaired) electrons. The highest BCUT2D eigenvalue weighted by molar-refractivity contribution is 6.42. The van der Waals surface area contributed by atoms with Crippen molar-refractivity contribution >= 4 is 17.7 Å². The van der Waals surface area contributed by atoms with E-state index in [9.17, 15) is 9.59 Å². The van der Waals surface area contributed by atoms with Crippen molar-refractivity contribution < 1.29 is 23.9 Å². The van der Waals surface area contributed by atoms with E-state index in [2.05, 4.69) is 19.5 Å². The first-order chi connectivity index (χ1) is 7.65. The van der Waals surface area contributed by atoms with Crippen LogP contribution in [0.5, 0.6) is 0 Å². The highest BCUT2D eigenvalue weighted by Gasteiger charge is 2.13. The van der Waals surface area contributed by atoms with Crippen molar-refractivity contribution in [2.75, 3.05) is 19.8 Å². The van der Waals surface area contributed by atoms with Crippen LogP contribution in [0.15, 0.2) is 5.16 Å². The molecule has 0 saturated carbocycles. The average Bonchev–Trinajstić information content (AvgIpc) is 2.25. The van der Waals surface area contributed by atoms with Gasteiger partial charge in [0.05, 0.1) is 13.2 Å². The molecular formula is C9H12N2O5. The molecule has 0 unspecified atom stereocenters. The summed E-state index contributed by atoms with van der Waals surface area (Å²) in [4.78, 5) is 26.3. The predicted molar refractivity (Wildman–Crippen MR) is 52.3 cm³/mol. The van der Waals surface area contributed by atoms with Crippen molar-refractivity contribution in [2.24, 2.45) is 5.16 Å². The third-order valence-electron chi connectivity index (χ3n) is 1.22. The monoisotopic (exact) mass is 228 g/mol. The molecule has 0 N–H and O–H groups in total. The van der Waals surface area contributed by atoms with Crippen LogP contribution in [0, 0.1) is 11.3 Å². The summed E-state index contributed by atoms with van der Waals surface area (Å²) in [5.41, 5.74) is -0.550. The fourth-order valence-electron chi connectivity index (χ4n) is 0.655. The highest BCUT2D eigenvalue weighted by atomic mass is 16.7. The van der Waals surface area contributed by atoms with Gasteiger partial charge in [-0.25, -0.2) is 9.59 Å². The lowest BCUT2D eigenvalue weighted by molar-refractivity contribution is -0.148. The SMILES string of the molecule is CCOC(=O)CON=C(C#N)C(=O)OCC. The molecule has 0 aromatic rings. The Labute approximate surface area is 92.6 Å². The molecule has 0 aliphatic rings. The Hall–Kier alpha value is -2.10. The van der Waals surface area contributed by atoms with Crippen molar-refractivity contribution in [1.29, 1.82) is 5.26 Å². The van der Waals surface area contributed by atoms with Gasteiger partial charge < -0.3 is 14.3 Å². The van der Waals surface area contributed by atoms with E-state index in [-0.39, 0.29) is 13.2 Å². The van der Waals surface area contributed by atoms with Gasteiger partial charge in [-0.3, -0.25) is 0 Å². The van der Waals surface area contributed by atoms with E-state index in [0.29, 0.717) is 0 Å². The van der Waals surface area contributed by atoms with Gasteiger partial charge in [0.15, 0.2) is 0 Å². The van der Waals surface area contributed by atoms with Crippen molar-refractivity contribution in [2.45, 2.75) is 13.8 Å². The maximum Gasteiger partial charge on any atom is 0.371 e. The molecule has 0 bridgehead atoms. The summed E-state index contributed by atoms with van der Waals surface area (Å²) in [5, 5.41) is 11.7. The molecule has 0 rings (SSSR count). The second kappa shape index (κ2) is 8.23. The van der Waals surface area contributed by atoms with Gasteiger partial charge in [-0.15, -0.1) is 0 Å². The zero-order valence-corrected chi connectivity index (χ0v) is 9.06. The molecule has 0 aliphatic carbocycles. The fraction of sp³-hybridized carbons (Fsp3) is 0.556. The molecule has 7 nitrogen and oxygen atoms in total. The summed E-state index contributed by atoms with van der Waals surface area (Å²) < 4.78 is 9.04. The van der Waals surface area contributed by atoms with Crippen molar-refractivity contribution in [1.82, 2.24) is 0 Å². The van der Waals surface area contributed by atoms with Crippen LogP contribution in [0.3, 0.4) is 0 Å². The molecule has 0 amide bonds. The minimum atomic E-state index is -0.895. The van der Waals surface area contributed by atoms with Gasteiger partial charge in [0.25, 0.3) is 5.71 Å². The van der Waals surface area contributed by atoms with E-state index < -0.39 is 24.3 Å². The van der Waals surface area contributed by atoms with Gasteiger partial charge in [0, 0.05) is 0 Å². The molecule has 0 aromatic heterocycles. The number of carbonyl (C=O) groups is 2. The molecule has 0 aliphatic heterocycles. The number of esters is 2. The van der Waals surface area contributed by atoms with Gasteiger partial charge >= 0.3 is 11.9 Å². The molecule has 16 heavy (non-hydrogen) atoms. The zero-order valence-electron chi connectivity index (χ0n) is 9.06. The lowest BCUT2D eigenvalue weighted by atomic mass is 10.4. The number of oxime groups is 1. The van der Waals surface area contributed by atoms with Gasteiger partial charge in [-0.05, 0) is 13.8 Å². The summed E-state index contributed by atoms with van der Waals surface area (Å²) >= 11 is 0. The number of nitrogens with zero attached hydrogens (tertiary/aromatic N) is 2. The largest absolute Gasteiger partial charge is 0.463 e. The maximum absolute atomic E-state index is 11.0. The minimum absolute atomic E-state index is 0.122. The first-order valence-corrected chi connectivity index (χ1v) is 4.58. The summed E-state index contributed by atoms with van der Waals surface area (Å²) in [7, 11) is 0. The van der Waals surface area contributed by atoms with Crippen LogP contribution < -0.4 is 0 Å². The zero-order chi connectivity index (χ0) is 12.4. The quantitative estimate of drug-likeness (QED) is 0.361. The number of hydrogen-bond acceptors (Lipinski definition) is 7. The molecule has 0 fully saturated rings. The topological polar surface area (TPSA) is 98.0 Å². The van der Waals surface area contributed by atoms with Crippen LogP contribution in [0.4, 0.5) is 0 Å². The predicted octanol–water partition coefficient (Wildman–Crippen LogP) is 0.00878. The fourth-order valence-corrected chi connectivity index (χ4v) is 0.655. The first kappa shape index (κ1) is 13.9. The Kier molecular flexibility index (Phi) is 7.15. The minimum Gasteiger partial charge on any atom is -0.463 e. The van der Waals surface area contributed by atoms with Crippen LogP contribution >= 0.6 is 0 Å². The molecule has 0 saturated heterocycles. The van der Waals surface area contributed by atoms with Crippen LogP contribution in [-0.2, 0) is 23.9 Å². The van der Waals surface area contributed by atoms with Crippen molar-refractivity contribution in [3.05, 3.63) is 0 Å². The number of hydrogen-bond donors (Lipinski definition) is 0. The van der Waals surface area contributed by atoms with Crippen molar-refractivity contribution in [3.8, 4) is 6.07 Å². The van der Waals surface area contributed by atoms with E-state index in [1.807, 2.05) is 0 Å². The number of ether oxygens (including phenoxy) is 2. The van der Waals surface area contributed by atoms with E-state index in [4.69, 9.17) is 5.26 Å². The maximum atomic E-state index is 11.0. The second-order valence-corrected chi connectivity index (χ2v) is 2.35. The molecule has 0 spiro atoms. The lowest BCUT2D eigenvalue weighted by Gasteiger charge is -2.00. The van der Waals surface area contributed by atoms with Crippen LogP contribution in [0.1, 0.15) is 13.8 Å². The average molecular weight is 228 g/mol. The van der Waals surface area contributed by atoms with E-state index in [1.165, 1.54) is 6.07 Å². The van der Waals surface area contributed by atoms with E-state index in [1.54, 1.807) is 13.8 Å². The summed E-state index contributed by atoms with van der Waals surface area (Å²) in [6, 6.07) is 1.49. The van der Waals surface area contributed by atoms with Gasteiger partial charge in [-0.2, -0.15) is 5.26 Å². The summed E-state index contributed by atoms with van der Waals surface area (Å²) in [6.45, 7) is 3.11. The molecule has 0 aromatic carbocycles. The Morgan fingerprint density at radius 2 is 1.88 bits per heavy atom. The summed E-state index contributed by atoms with van der Waals surface area (Å²) in [5.74, 6) is -1.53. The molecule has 88 valence electrons. The number of nitriles is 1. The van der Waals surface area contributed by atoms with Gasteiger partial charge in [0.1, 0.15) is 6.07 Å². The van der Waals surface area contributed by atoms with Gasteiger partial charge in [0.2, 0.25) is 6.61 Å². The summed E-state index contributed by atoms with van der Waals surface area (Å²) in [6.07, 6.45) is 0. The van der Waals surface area contributed by atoms with E-state index in [0.717, 1.165) is 0 Å². The molecule has 0 heterocycles. The third-order valence-corrected chi connectivity index (χ3v) is 1.22. The Balaban J connectivity index is 4.14. The molecule has 7 heteroatoms. The normalized spacial score (nSPS) is 10.2. The highest BCUT2D eigenvalue weighted by Crippen LogP contribution is 1.88. The first-order valence-electron chi connectivity index (χ1n) is 4.58. The molecular weight excluding hydrogens is 216 g/mol. The van der Waals surface area contributed by atoms with Gasteiger partial charge in [-0.1, -0.05) is 5.16 Å². The van der Waals surface area contributed by atoms with Crippen LogP contribution in [0.25, 0.3) is 0 Å². The lowest BCUT2D eigenvalue weighted by Crippen LogP contribution is -2.17. The Bertz CT molecular complexity index is 318. The smallest absolute Gasteiger partial charge is 0.371 e. The van der Waals surface area contributed by atoms with Crippen LogP contribution in [0.2, 0.25) is 0 Å². The standard InChI is InChI=1S/C9H12N2O5/c1-3-14-8(12)6-16-11-7(5-10)9(13)15-4-2/h3-4,6H2,1-2H3. The Morgan fingerprint density at radius 3 is 2.38 bits per heavy atom. The number of carbonyl (C=O) groups excluding carboxylic acids is 2. The van der Waals surface area contributed by atoms with Crippen molar-refractivity contribution in [3.63, 3.8) is 0 Å². The van der Waals surface area contributed by atoms with Crippen LogP contribution in [-0.4, -0.2) is 37.5 Å². The number of rotatable bonds is 6. The third kappa shape index (κ3) is 5.59. The van der Waals surface area contributed by atoms with E-state index >= 15 is 0 Å². The second-order valence-electron chi connectivity index (χ2n) is 2.35. The molecule has 0 atom stereocenters. The Morgan fingerprint density at radius 1 is 1.25 bits per heavy atom.